The first-order valence-electron chi connectivity index (χ1n) is 9.44. The summed E-state index contributed by atoms with van der Waals surface area (Å²) in [7, 11) is 0. The second kappa shape index (κ2) is 7.66. The molecular formula is C21H22BrN3O3S. The summed E-state index contributed by atoms with van der Waals surface area (Å²) in [5, 5.41) is 1.47. The minimum absolute atomic E-state index is 0.129. The highest BCUT2D eigenvalue weighted by atomic mass is 79.9. The lowest BCUT2D eigenvalue weighted by Crippen LogP contribution is -2.37. The smallest absolute Gasteiger partial charge is 0.320 e. The second-order valence-electron chi connectivity index (χ2n) is 8.10. The Labute approximate surface area is 181 Å². The summed E-state index contributed by atoms with van der Waals surface area (Å²) in [6.45, 7) is 7.17. The lowest BCUT2D eigenvalue weighted by Gasteiger charge is -2.27. The Morgan fingerprint density at radius 1 is 1.28 bits per heavy atom. The van der Waals surface area contributed by atoms with Gasteiger partial charge in [0.25, 0.3) is 5.91 Å². The summed E-state index contributed by atoms with van der Waals surface area (Å²) >= 11 is 4.94. The van der Waals surface area contributed by atoms with Crippen molar-refractivity contribution < 1.29 is 14.3 Å². The Balaban J connectivity index is 1.51. The fourth-order valence-electron chi connectivity index (χ4n) is 3.44. The van der Waals surface area contributed by atoms with E-state index >= 15 is 0 Å². The number of carbonyl (C=O) groups excluding carboxylic acids is 2. The molecule has 0 atom stereocenters. The summed E-state index contributed by atoms with van der Waals surface area (Å²) in [6, 6.07) is 7.72. The van der Waals surface area contributed by atoms with Crippen molar-refractivity contribution >= 4 is 50.0 Å². The van der Waals surface area contributed by atoms with Gasteiger partial charge in [0.15, 0.2) is 5.01 Å². The van der Waals surface area contributed by atoms with E-state index in [1.165, 1.54) is 11.3 Å². The van der Waals surface area contributed by atoms with Gasteiger partial charge < -0.3 is 4.74 Å². The molecule has 0 radical (unpaired) electrons. The fraction of sp³-hybridized carbons (Fsp3) is 0.381. The molecule has 152 valence electrons. The van der Waals surface area contributed by atoms with Gasteiger partial charge in [0.2, 0.25) is 0 Å². The molecule has 0 spiro atoms. The summed E-state index contributed by atoms with van der Waals surface area (Å²) in [5.41, 5.74) is 1.32. The van der Waals surface area contributed by atoms with Gasteiger partial charge in [0.1, 0.15) is 5.60 Å². The zero-order chi connectivity index (χ0) is 20.8. The number of aromatic nitrogens is 2. The lowest BCUT2D eigenvalue weighted by atomic mass is 10.2. The van der Waals surface area contributed by atoms with Crippen molar-refractivity contribution in [3.8, 4) is 0 Å². The highest BCUT2D eigenvalue weighted by Gasteiger charge is 2.26. The van der Waals surface area contributed by atoms with E-state index in [1.807, 2.05) is 49.9 Å². The number of hydrogen-bond donors (Lipinski definition) is 0. The van der Waals surface area contributed by atoms with E-state index in [9.17, 15) is 9.59 Å². The van der Waals surface area contributed by atoms with Crippen molar-refractivity contribution in [1.29, 1.82) is 0 Å². The number of esters is 1. The van der Waals surface area contributed by atoms with Crippen LogP contribution in [-0.2, 0) is 22.5 Å². The average Bonchev–Trinajstić information content (AvgIpc) is 3.24. The quantitative estimate of drug-likeness (QED) is 0.529. The zero-order valence-corrected chi connectivity index (χ0v) is 19.0. The van der Waals surface area contributed by atoms with Crippen LogP contribution in [0.4, 0.5) is 0 Å². The number of hydrogen-bond acceptors (Lipinski definition) is 6. The van der Waals surface area contributed by atoms with Crippen LogP contribution in [0.25, 0.3) is 10.9 Å². The highest BCUT2D eigenvalue weighted by molar-refractivity contribution is 9.10. The number of rotatable bonds is 3. The monoisotopic (exact) mass is 475 g/mol. The molecule has 0 amide bonds. The fourth-order valence-corrected chi connectivity index (χ4v) is 5.02. The normalized spacial score (nSPS) is 14.8. The third kappa shape index (κ3) is 4.29. The van der Waals surface area contributed by atoms with Crippen LogP contribution in [0, 0.1) is 0 Å². The van der Waals surface area contributed by atoms with E-state index < -0.39 is 5.60 Å². The van der Waals surface area contributed by atoms with Crippen LogP contribution in [0.15, 0.2) is 34.9 Å². The third-order valence-electron chi connectivity index (χ3n) is 4.66. The number of thiazole rings is 1. The molecule has 8 heteroatoms. The van der Waals surface area contributed by atoms with Crippen molar-refractivity contribution in [3.05, 3.63) is 50.5 Å². The summed E-state index contributed by atoms with van der Waals surface area (Å²) in [5.74, 6) is -0.359. The van der Waals surface area contributed by atoms with Gasteiger partial charge in [-0.05, 0) is 39.0 Å². The van der Waals surface area contributed by atoms with Crippen molar-refractivity contribution in [2.75, 3.05) is 13.1 Å². The summed E-state index contributed by atoms with van der Waals surface area (Å²) < 4.78 is 8.02. The van der Waals surface area contributed by atoms with E-state index in [4.69, 9.17) is 4.74 Å². The Morgan fingerprint density at radius 3 is 2.83 bits per heavy atom. The average molecular weight is 476 g/mol. The predicted octanol–water partition coefficient (Wildman–Crippen LogP) is 4.25. The maximum Gasteiger partial charge on any atom is 0.320 e. The van der Waals surface area contributed by atoms with Gasteiger partial charge in [-0.2, -0.15) is 0 Å². The minimum atomic E-state index is -0.489. The molecule has 2 aromatic heterocycles. The number of nitrogens with zero attached hydrogens (tertiary/aromatic N) is 3. The number of halogens is 1. The highest BCUT2D eigenvalue weighted by Crippen LogP contribution is 2.29. The van der Waals surface area contributed by atoms with Gasteiger partial charge in [-0.25, -0.2) is 4.98 Å². The summed E-state index contributed by atoms with van der Waals surface area (Å²) in [4.78, 5) is 32.9. The van der Waals surface area contributed by atoms with E-state index in [2.05, 4.69) is 20.9 Å². The van der Waals surface area contributed by atoms with E-state index in [0.29, 0.717) is 11.6 Å². The maximum absolute atomic E-state index is 13.1. The molecule has 3 aromatic rings. The predicted molar refractivity (Wildman–Crippen MR) is 116 cm³/mol. The molecule has 6 nitrogen and oxygen atoms in total. The number of ether oxygens (including phenoxy) is 1. The Bertz CT molecular complexity index is 1100. The molecular weight excluding hydrogens is 454 g/mol. The Morgan fingerprint density at radius 2 is 2.07 bits per heavy atom. The molecule has 3 heterocycles. The molecule has 0 bridgehead atoms. The van der Waals surface area contributed by atoms with Gasteiger partial charge in [0.05, 0.1) is 17.8 Å². The van der Waals surface area contributed by atoms with E-state index in [1.54, 1.807) is 10.8 Å². The SMILES string of the molecule is CC(C)(C)OC(=O)CN1CCc2nc(C(=O)n3ccc4c(Br)cccc43)sc2C1. The molecule has 0 saturated heterocycles. The standard InChI is InChI=1S/C21H22BrN3O3S/c1-21(2,3)28-18(26)12-24-9-8-15-17(11-24)29-19(23-15)20(27)25-10-7-13-14(22)5-4-6-16(13)25/h4-7,10H,8-9,11-12H2,1-3H3. The van der Waals surface area contributed by atoms with Crippen LogP contribution in [0.2, 0.25) is 0 Å². The van der Waals surface area contributed by atoms with Crippen LogP contribution in [-0.4, -0.2) is 45.0 Å². The zero-order valence-electron chi connectivity index (χ0n) is 16.6. The van der Waals surface area contributed by atoms with Gasteiger partial charge in [0, 0.05) is 40.4 Å². The van der Waals surface area contributed by atoms with E-state index in [0.717, 1.165) is 38.9 Å². The van der Waals surface area contributed by atoms with Gasteiger partial charge in [-0.3, -0.25) is 19.1 Å². The molecule has 4 rings (SSSR count). The van der Waals surface area contributed by atoms with Crippen molar-refractivity contribution in [3.63, 3.8) is 0 Å². The molecule has 29 heavy (non-hydrogen) atoms. The number of carbonyl (C=O) groups is 2. The minimum Gasteiger partial charge on any atom is -0.459 e. The summed E-state index contributed by atoms with van der Waals surface area (Å²) in [6.07, 6.45) is 2.51. The Kier molecular flexibility index (Phi) is 5.35. The molecule has 1 aliphatic rings. The van der Waals surface area contributed by atoms with Crippen LogP contribution in [0.5, 0.6) is 0 Å². The molecule has 0 fully saturated rings. The van der Waals surface area contributed by atoms with Gasteiger partial charge in [-0.15, -0.1) is 11.3 Å². The van der Waals surface area contributed by atoms with Crippen molar-refractivity contribution in [2.45, 2.75) is 39.3 Å². The maximum atomic E-state index is 13.1. The molecule has 1 aliphatic heterocycles. The first-order chi connectivity index (χ1) is 13.7. The van der Waals surface area contributed by atoms with Crippen LogP contribution >= 0.6 is 27.3 Å². The topological polar surface area (TPSA) is 64.4 Å². The molecule has 0 N–H and O–H groups in total. The molecule has 0 unspecified atom stereocenters. The largest absolute Gasteiger partial charge is 0.459 e. The lowest BCUT2D eigenvalue weighted by molar-refractivity contribution is -0.156. The molecule has 0 aliphatic carbocycles. The van der Waals surface area contributed by atoms with Crippen molar-refractivity contribution in [1.82, 2.24) is 14.5 Å². The van der Waals surface area contributed by atoms with Gasteiger partial charge in [-0.1, -0.05) is 22.0 Å². The Hall–Kier alpha value is -2.03. The number of benzene rings is 1. The molecule has 1 aromatic carbocycles. The van der Waals surface area contributed by atoms with Crippen LogP contribution in [0.3, 0.4) is 0 Å². The second-order valence-corrected chi connectivity index (χ2v) is 10.0. The van der Waals surface area contributed by atoms with Gasteiger partial charge >= 0.3 is 5.97 Å². The van der Waals surface area contributed by atoms with E-state index in [-0.39, 0.29) is 18.4 Å². The molecule has 0 saturated carbocycles. The number of fused-ring (bicyclic) bond motifs is 2. The van der Waals surface area contributed by atoms with Crippen LogP contribution < -0.4 is 0 Å². The third-order valence-corrected chi connectivity index (χ3v) is 6.43. The first-order valence-corrected chi connectivity index (χ1v) is 11.1. The first kappa shape index (κ1) is 20.3. The van der Waals surface area contributed by atoms with Crippen LogP contribution in [0.1, 0.15) is 41.1 Å². The van der Waals surface area contributed by atoms with Crippen molar-refractivity contribution in [2.24, 2.45) is 0 Å².